The van der Waals surface area contributed by atoms with Crippen LogP contribution in [0.1, 0.15) is 40.8 Å². The van der Waals surface area contributed by atoms with Gasteiger partial charge < -0.3 is 4.90 Å². The van der Waals surface area contributed by atoms with Crippen LogP contribution in [0, 0.1) is 5.92 Å². The summed E-state index contributed by atoms with van der Waals surface area (Å²) >= 11 is 1.69. The molecule has 1 amide bonds. The number of carbonyl (C=O) groups excluding carboxylic acids is 1. The van der Waals surface area contributed by atoms with Gasteiger partial charge >= 0.3 is 0 Å². The zero-order valence-corrected chi connectivity index (χ0v) is 14.5. The maximum Gasteiger partial charge on any atom is 0.273 e. The Morgan fingerprint density at radius 2 is 2.00 bits per heavy atom. The van der Waals surface area contributed by atoms with Gasteiger partial charge in [-0.3, -0.25) is 9.89 Å². The van der Waals surface area contributed by atoms with Crippen LogP contribution in [0.5, 0.6) is 0 Å². The van der Waals surface area contributed by atoms with Crippen LogP contribution in [0.15, 0.2) is 47.8 Å². The number of thiophene rings is 1. The highest BCUT2D eigenvalue weighted by Gasteiger charge is 2.42. The molecule has 122 valence electrons. The molecule has 3 aromatic rings. The zero-order valence-electron chi connectivity index (χ0n) is 13.7. The highest BCUT2D eigenvalue weighted by atomic mass is 32.1. The Morgan fingerprint density at radius 1 is 1.21 bits per heavy atom. The molecule has 0 saturated carbocycles. The minimum atomic E-state index is -0.0520. The second-order valence-corrected chi connectivity index (χ2v) is 7.48. The molecule has 1 aliphatic rings. The van der Waals surface area contributed by atoms with Gasteiger partial charge in [-0.05, 0) is 17.4 Å². The van der Waals surface area contributed by atoms with Crippen molar-refractivity contribution in [2.24, 2.45) is 5.92 Å². The third-order valence-corrected chi connectivity index (χ3v) is 5.21. The number of carbonyl (C=O) groups is 1. The second-order valence-electron chi connectivity index (χ2n) is 6.50. The lowest BCUT2D eigenvalue weighted by molar-refractivity contribution is 0.0724. The topological polar surface area (TPSA) is 49.0 Å². The van der Waals surface area contributed by atoms with E-state index in [0.29, 0.717) is 11.6 Å². The average Bonchev–Trinajstić information content (AvgIpc) is 3.28. The molecule has 4 nitrogen and oxygen atoms in total. The standard InChI is InChI=1S/C19H19N3OS/c1-12(2)11-22-18(14-9-6-10-24-14)15-16(13-7-4-3-5-8-13)20-21-17(15)19(22)23/h3-10,12,18H,11H2,1-2H3,(H,20,21). The molecule has 0 fully saturated rings. The molecule has 1 N–H and O–H groups in total. The van der Waals surface area contributed by atoms with Gasteiger partial charge in [0.1, 0.15) is 5.69 Å². The van der Waals surface area contributed by atoms with Gasteiger partial charge in [-0.25, -0.2) is 0 Å². The SMILES string of the molecule is CC(C)CN1C(=O)c2[nH]nc(-c3ccccc3)c2C1c1cccs1. The van der Waals surface area contributed by atoms with E-state index in [9.17, 15) is 4.79 Å². The third kappa shape index (κ3) is 2.36. The lowest BCUT2D eigenvalue weighted by Gasteiger charge is -2.26. The van der Waals surface area contributed by atoms with E-state index in [4.69, 9.17) is 0 Å². The monoisotopic (exact) mass is 337 g/mol. The highest BCUT2D eigenvalue weighted by molar-refractivity contribution is 7.10. The summed E-state index contributed by atoms with van der Waals surface area (Å²) in [5, 5.41) is 9.52. The Kier molecular flexibility index (Phi) is 3.73. The van der Waals surface area contributed by atoms with Crippen molar-refractivity contribution in [2.45, 2.75) is 19.9 Å². The number of nitrogens with one attached hydrogen (secondary N) is 1. The smallest absolute Gasteiger partial charge is 0.273 e. The van der Waals surface area contributed by atoms with Gasteiger partial charge in [-0.1, -0.05) is 50.2 Å². The lowest BCUT2D eigenvalue weighted by atomic mass is 10.0. The van der Waals surface area contributed by atoms with E-state index >= 15 is 0 Å². The van der Waals surface area contributed by atoms with Gasteiger partial charge in [-0.2, -0.15) is 5.10 Å². The largest absolute Gasteiger partial charge is 0.325 e. The minimum Gasteiger partial charge on any atom is -0.325 e. The Balaban J connectivity index is 1.87. The van der Waals surface area contributed by atoms with Crippen LogP contribution in [0.25, 0.3) is 11.3 Å². The lowest BCUT2D eigenvalue weighted by Crippen LogP contribution is -2.32. The molecule has 1 unspecified atom stereocenters. The summed E-state index contributed by atoms with van der Waals surface area (Å²) in [6, 6.07) is 14.2. The van der Waals surface area contributed by atoms with Gasteiger partial charge in [0.15, 0.2) is 0 Å². The summed E-state index contributed by atoms with van der Waals surface area (Å²) in [6.45, 7) is 5.02. The predicted molar refractivity (Wildman–Crippen MR) is 96.1 cm³/mol. The number of hydrogen-bond acceptors (Lipinski definition) is 3. The van der Waals surface area contributed by atoms with Crippen molar-refractivity contribution >= 4 is 17.2 Å². The summed E-state index contributed by atoms with van der Waals surface area (Å²) in [7, 11) is 0. The Hall–Kier alpha value is -2.40. The van der Waals surface area contributed by atoms with Crippen LogP contribution < -0.4 is 0 Å². The van der Waals surface area contributed by atoms with Crippen molar-refractivity contribution in [3.05, 3.63) is 64.0 Å². The number of H-pyrrole nitrogens is 1. The molecule has 5 heteroatoms. The van der Waals surface area contributed by atoms with Crippen LogP contribution in [-0.4, -0.2) is 27.5 Å². The van der Waals surface area contributed by atoms with E-state index in [0.717, 1.165) is 23.4 Å². The third-order valence-electron chi connectivity index (χ3n) is 4.29. The molecule has 0 saturated heterocycles. The van der Waals surface area contributed by atoms with Gasteiger partial charge in [0.05, 0.1) is 11.7 Å². The van der Waals surface area contributed by atoms with Gasteiger partial charge in [0.2, 0.25) is 0 Å². The van der Waals surface area contributed by atoms with Crippen LogP contribution in [-0.2, 0) is 0 Å². The number of fused-ring (bicyclic) bond motifs is 1. The average molecular weight is 337 g/mol. The Bertz CT molecular complexity index is 852. The van der Waals surface area contributed by atoms with E-state index in [1.165, 1.54) is 4.88 Å². The van der Waals surface area contributed by atoms with Gasteiger partial charge in [0.25, 0.3) is 5.91 Å². The fourth-order valence-electron chi connectivity index (χ4n) is 3.34. The van der Waals surface area contributed by atoms with E-state index in [1.54, 1.807) is 11.3 Å². The van der Waals surface area contributed by atoms with E-state index in [2.05, 4.69) is 35.5 Å². The maximum absolute atomic E-state index is 12.9. The molecule has 0 aliphatic carbocycles. The molecule has 1 aromatic carbocycles. The molecule has 1 aliphatic heterocycles. The Labute approximate surface area is 145 Å². The first-order valence-corrected chi connectivity index (χ1v) is 9.03. The number of benzene rings is 1. The second kappa shape index (κ2) is 5.91. The molecule has 2 aromatic heterocycles. The van der Waals surface area contributed by atoms with Crippen LogP contribution in [0.4, 0.5) is 0 Å². The number of amides is 1. The van der Waals surface area contributed by atoms with Crippen molar-refractivity contribution < 1.29 is 4.79 Å². The maximum atomic E-state index is 12.9. The molecule has 1 atom stereocenters. The summed E-state index contributed by atoms with van der Waals surface area (Å²) < 4.78 is 0. The van der Waals surface area contributed by atoms with Gasteiger partial charge in [-0.15, -0.1) is 11.3 Å². The van der Waals surface area contributed by atoms with E-state index in [-0.39, 0.29) is 11.9 Å². The molecule has 0 bridgehead atoms. The molecule has 3 heterocycles. The number of aromatic amines is 1. The van der Waals surface area contributed by atoms with Crippen molar-refractivity contribution in [3.63, 3.8) is 0 Å². The van der Waals surface area contributed by atoms with Gasteiger partial charge in [0, 0.05) is 22.5 Å². The summed E-state index contributed by atoms with van der Waals surface area (Å²) in [4.78, 5) is 16.1. The van der Waals surface area contributed by atoms with Crippen molar-refractivity contribution in [3.8, 4) is 11.3 Å². The summed E-state index contributed by atoms with van der Waals surface area (Å²) in [5.74, 6) is 0.459. The molecule has 0 radical (unpaired) electrons. The fourth-order valence-corrected chi connectivity index (χ4v) is 4.18. The zero-order chi connectivity index (χ0) is 16.7. The normalized spacial score (nSPS) is 16.9. The first-order valence-electron chi connectivity index (χ1n) is 8.15. The highest BCUT2D eigenvalue weighted by Crippen LogP contribution is 2.44. The molecule has 4 rings (SSSR count). The van der Waals surface area contributed by atoms with Crippen LogP contribution in [0.2, 0.25) is 0 Å². The van der Waals surface area contributed by atoms with E-state index < -0.39 is 0 Å². The van der Waals surface area contributed by atoms with Crippen molar-refractivity contribution in [1.82, 2.24) is 15.1 Å². The Morgan fingerprint density at radius 3 is 2.67 bits per heavy atom. The molecular formula is C19H19N3OS. The molecule has 0 spiro atoms. The summed E-state index contributed by atoms with van der Waals surface area (Å²) in [5.41, 5.74) is 3.56. The first kappa shape index (κ1) is 15.1. The van der Waals surface area contributed by atoms with Crippen LogP contribution >= 0.6 is 11.3 Å². The fraction of sp³-hybridized carbons (Fsp3) is 0.263. The number of nitrogens with zero attached hydrogens (tertiary/aromatic N) is 2. The first-order chi connectivity index (χ1) is 11.7. The van der Waals surface area contributed by atoms with E-state index in [1.807, 2.05) is 41.3 Å². The van der Waals surface area contributed by atoms with Crippen LogP contribution in [0.3, 0.4) is 0 Å². The minimum absolute atomic E-state index is 0.0479. The molecule has 24 heavy (non-hydrogen) atoms. The van der Waals surface area contributed by atoms with Crippen molar-refractivity contribution in [1.29, 1.82) is 0 Å². The number of aromatic nitrogens is 2. The summed E-state index contributed by atoms with van der Waals surface area (Å²) in [6.07, 6.45) is 0. The molecular weight excluding hydrogens is 318 g/mol. The number of hydrogen-bond donors (Lipinski definition) is 1. The quantitative estimate of drug-likeness (QED) is 0.770. The number of rotatable bonds is 4. The predicted octanol–water partition coefficient (Wildman–Crippen LogP) is 4.34. The van der Waals surface area contributed by atoms with Crippen molar-refractivity contribution in [2.75, 3.05) is 6.54 Å².